The number of halogens is 2. The number of carbonyl (C=O) groups excluding carboxylic acids is 1. The van der Waals surface area contributed by atoms with Crippen molar-refractivity contribution in [2.24, 2.45) is 0 Å². The van der Waals surface area contributed by atoms with E-state index in [9.17, 15) is 4.79 Å². The first-order valence-corrected chi connectivity index (χ1v) is 7.13. The van der Waals surface area contributed by atoms with Gasteiger partial charge in [0.25, 0.3) is 0 Å². The van der Waals surface area contributed by atoms with E-state index in [2.05, 4.69) is 4.90 Å². The summed E-state index contributed by atoms with van der Waals surface area (Å²) < 4.78 is 0. The standard InChI is InChI=1S/C14H17Cl2NO/c15-11-5-6-13(16)12(9-11)14(18)10-17-7-3-1-2-4-8-17/h5-6,9H,1-4,7-8,10H2. The molecule has 1 fully saturated rings. The highest BCUT2D eigenvalue weighted by atomic mass is 35.5. The lowest BCUT2D eigenvalue weighted by atomic mass is 10.1. The summed E-state index contributed by atoms with van der Waals surface area (Å²) in [6.07, 6.45) is 4.89. The summed E-state index contributed by atoms with van der Waals surface area (Å²) in [5.41, 5.74) is 0.536. The number of carbonyl (C=O) groups is 1. The Morgan fingerprint density at radius 3 is 2.44 bits per heavy atom. The van der Waals surface area contributed by atoms with E-state index in [0.717, 1.165) is 13.1 Å². The molecule has 98 valence electrons. The van der Waals surface area contributed by atoms with Crippen LogP contribution in [0, 0.1) is 0 Å². The first-order valence-electron chi connectivity index (χ1n) is 6.37. The van der Waals surface area contributed by atoms with Gasteiger partial charge in [0.05, 0.1) is 11.6 Å². The number of hydrogen-bond acceptors (Lipinski definition) is 2. The maximum absolute atomic E-state index is 12.2. The van der Waals surface area contributed by atoms with Crippen LogP contribution < -0.4 is 0 Å². The average molecular weight is 286 g/mol. The van der Waals surface area contributed by atoms with E-state index in [0.29, 0.717) is 22.2 Å². The Morgan fingerprint density at radius 2 is 1.78 bits per heavy atom. The lowest BCUT2D eigenvalue weighted by Gasteiger charge is -2.18. The molecule has 0 atom stereocenters. The fourth-order valence-corrected chi connectivity index (χ4v) is 2.69. The van der Waals surface area contributed by atoms with E-state index in [1.165, 1.54) is 25.7 Å². The van der Waals surface area contributed by atoms with Gasteiger partial charge in [-0.2, -0.15) is 0 Å². The second-order valence-electron chi connectivity index (χ2n) is 4.74. The molecule has 0 spiro atoms. The summed E-state index contributed by atoms with van der Waals surface area (Å²) in [7, 11) is 0. The van der Waals surface area contributed by atoms with E-state index in [1.54, 1.807) is 18.2 Å². The van der Waals surface area contributed by atoms with Crippen LogP contribution in [0.4, 0.5) is 0 Å². The van der Waals surface area contributed by atoms with Crippen molar-refractivity contribution in [3.05, 3.63) is 33.8 Å². The summed E-state index contributed by atoms with van der Waals surface area (Å²) >= 11 is 11.9. The number of hydrogen-bond donors (Lipinski definition) is 0. The number of likely N-dealkylation sites (tertiary alicyclic amines) is 1. The molecule has 0 bridgehead atoms. The molecule has 4 heteroatoms. The van der Waals surface area contributed by atoms with Crippen molar-refractivity contribution < 1.29 is 4.79 Å². The van der Waals surface area contributed by atoms with Gasteiger partial charge in [0.2, 0.25) is 0 Å². The lowest BCUT2D eigenvalue weighted by Crippen LogP contribution is -2.30. The number of nitrogens with zero attached hydrogens (tertiary/aromatic N) is 1. The van der Waals surface area contributed by atoms with E-state index >= 15 is 0 Å². The van der Waals surface area contributed by atoms with E-state index in [-0.39, 0.29) is 5.78 Å². The van der Waals surface area contributed by atoms with Crippen LogP contribution >= 0.6 is 23.2 Å². The van der Waals surface area contributed by atoms with Crippen LogP contribution in [0.1, 0.15) is 36.0 Å². The van der Waals surface area contributed by atoms with Crippen LogP contribution in [0.3, 0.4) is 0 Å². The largest absolute Gasteiger partial charge is 0.296 e. The Morgan fingerprint density at radius 1 is 1.11 bits per heavy atom. The minimum Gasteiger partial charge on any atom is -0.296 e. The molecule has 0 aromatic heterocycles. The van der Waals surface area contributed by atoms with Gasteiger partial charge < -0.3 is 0 Å². The predicted molar refractivity (Wildman–Crippen MR) is 75.7 cm³/mol. The van der Waals surface area contributed by atoms with Gasteiger partial charge in [-0.05, 0) is 44.1 Å². The summed E-state index contributed by atoms with van der Waals surface area (Å²) in [4.78, 5) is 14.4. The molecular weight excluding hydrogens is 269 g/mol. The van der Waals surface area contributed by atoms with Crippen LogP contribution in [0.15, 0.2) is 18.2 Å². The fraction of sp³-hybridized carbons (Fsp3) is 0.500. The molecule has 1 aliphatic heterocycles. The zero-order chi connectivity index (χ0) is 13.0. The summed E-state index contributed by atoms with van der Waals surface area (Å²) in [5, 5.41) is 1.04. The molecule has 1 saturated heterocycles. The normalized spacial score (nSPS) is 17.4. The van der Waals surface area contributed by atoms with Crippen molar-refractivity contribution in [2.45, 2.75) is 25.7 Å². The monoisotopic (exact) mass is 285 g/mol. The number of ketones is 1. The fourth-order valence-electron chi connectivity index (χ4n) is 2.29. The molecule has 0 radical (unpaired) electrons. The first-order chi connectivity index (χ1) is 8.66. The number of Topliss-reactive ketones (excluding diaryl/α,β-unsaturated/α-hetero) is 1. The first kappa shape index (κ1) is 13.9. The highest BCUT2D eigenvalue weighted by molar-refractivity contribution is 6.36. The van der Waals surface area contributed by atoms with Gasteiger partial charge in [-0.25, -0.2) is 0 Å². The van der Waals surface area contributed by atoms with Crippen LogP contribution in [-0.4, -0.2) is 30.3 Å². The summed E-state index contributed by atoms with van der Waals surface area (Å²) in [6.45, 7) is 2.45. The van der Waals surface area contributed by atoms with Crippen molar-refractivity contribution >= 4 is 29.0 Å². The van der Waals surface area contributed by atoms with Crippen molar-refractivity contribution in [3.63, 3.8) is 0 Å². The second kappa shape index (κ2) is 6.55. The van der Waals surface area contributed by atoms with Crippen molar-refractivity contribution in [2.75, 3.05) is 19.6 Å². The Balaban J connectivity index is 2.04. The zero-order valence-corrected chi connectivity index (χ0v) is 11.8. The van der Waals surface area contributed by atoms with E-state index < -0.39 is 0 Å². The number of rotatable bonds is 3. The maximum Gasteiger partial charge on any atom is 0.178 e. The SMILES string of the molecule is O=C(CN1CCCCCC1)c1cc(Cl)ccc1Cl. The second-order valence-corrected chi connectivity index (χ2v) is 5.58. The van der Waals surface area contributed by atoms with Gasteiger partial charge in [-0.3, -0.25) is 9.69 Å². The topological polar surface area (TPSA) is 20.3 Å². The van der Waals surface area contributed by atoms with Gasteiger partial charge in [0.1, 0.15) is 0 Å². The highest BCUT2D eigenvalue weighted by Crippen LogP contribution is 2.21. The Kier molecular flexibility index (Phi) is 5.04. The van der Waals surface area contributed by atoms with Crippen molar-refractivity contribution in [3.8, 4) is 0 Å². The molecule has 0 N–H and O–H groups in total. The van der Waals surface area contributed by atoms with Crippen LogP contribution in [0.2, 0.25) is 10.0 Å². The third kappa shape index (κ3) is 3.71. The Labute approximate surface area is 118 Å². The molecular formula is C14H17Cl2NO. The van der Waals surface area contributed by atoms with E-state index in [4.69, 9.17) is 23.2 Å². The summed E-state index contributed by atoms with van der Waals surface area (Å²) in [6, 6.07) is 5.04. The zero-order valence-electron chi connectivity index (χ0n) is 10.3. The molecule has 2 rings (SSSR count). The maximum atomic E-state index is 12.2. The van der Waals surface area contributed by atoms with Crippen molar-refractivity contribution in [1.82, 2.24) is 4.90 Å². The molecule has 1 aromatic carbocycles. The van der Waals surface area contributed by atoms with Gasteiger partial charge in [-0.15, -0.1) is 0 Å². The Bertz CT molecular complexity index is 426. The lowest BCUT2D eigenvalue weighted by molar-refractivity contribution is 0.0933. The third-order valence-electron chi connectivity index (χ3n) is 3.29. The summed E-state index contributed by atoms with van der Waals surface area (Å²) in [5.74, 6) is 0.0596. The van der Waals surface area contributed by atoms with Crippen LogP contribution in [0.25, 0.3) is 0 Å². The third-order valence-corrected chi connectivity index (χ3v) is 3.86. The van der Waals surface area contributed by atoms with Gasteiger partial charge >= 0.3 is 0 Å². The molecule has 2 nitrogen and oxygen atoms in total. The van der Waals surface area contributed by atoms with Crippen LogP contribution in [-0.2, 0) is 0 Å². The average Bonchev–Trinajstić information content (AvgIpc) is 2.61. The van der Waals surface area contributed by atoms with Crippen LogP contribution in [0.5, 0.6) is 0 Å². The molecule has 0 aliphatic carbocycles. The molecule has 18 heavy (non-hydrogen) atoms. The minimum atomic E-state index is 0.0596. The highest BCUT2D eigenvalue weighted by Gasteiger charge is 2.16. The minimum absolute atomic E-state index is 0.0596. The number of benzene rings is 1. The van der Waals surface area contributed by atoms with Gasteiger partial charge in [-0.1, -0.05) is 36.0 Å². The van der Waals surface area contributed by atoms with Gasteiger partial charge in [0, 0.05) is 10.6 Å². The Hall–Kier alpha value is -0.570. The molecule has 1 heterocycles. The quantitative estimate of drug-likeness (QED) is 0.781. The van der Waals surface area contributed by atoms with E-state index in [1.807, 2.05) is 0 Å². The predicted octanol–water partition coefficient (Wildman–Crippen LogP) is 4.05. The molecule has 1 aliphatic rings. The molecule has 0 amide bonds. The molecule has 0 saturated carbocycles. The smallest absolute Gasteiger partial charge is 0.178 e. The molecule has 1 aromatic rings. The molecule has 0 unspecified atom stereocenters. The van der Waals surface area contributed by atoms with Crippen molar-refractivity contribution in [1.29, 1.82) is 0 Å². The van der Waals surface area contributed by atoms with Gasteiger partial charge in [0.15, 0.2) is 5.78 Å².